The summed E-state index contributed by atoms with van der Waals surface area (Å²) in [6.45, 7) is 7.39. The maximum absolute atomic E-state index is 12.7. The Hall–Kier alpha value is -2.44. The van der Waals surface area contributed by atoms with Gasteiger partial charge in [0.1, 0.15) is 6.54 Å². The molecule has 2 aromatic heterocycles. The molecule has 0 fully saturated rings. The molecule has 7 nitrogen and oxygen atoms in total. The van der Waals surface area contributed by atoms with Crippen molar-refractivity contribution in [2.45, 2.75) is 40.7 Å². The Bertz CT molecular complexity index is 773. The molecule has 1 N–H and O–H groups in total. The molecule has 0 bridgehead atoms. The predicted molar refractivity (Wildman–Crippen MR) is 83.3 cm³/mol. The van der Waals surface area contributed by atoms with Crippen molar-refractivity contribution >= 4 is 5.91 Å². The molecule has 0 atom stereocenters. The van der Waals surface area contributed by atoms with Crippen LogP contribution in [0, 0.1) is 20.8 Å². The summed E-state index contributed by atoms with van der Waals surface area (Å²) in [6, 6.07) is 1.90. The first-order chi connectivity index (χ1) is 10.4. The minimum absolute atomic E-state index is 0.0801. The number of nitrogens with zero attached hydrogens (tertiary/aromatic N) is 4. The molecule has 2 rings (SSSR count). The topological polar surface area (TPSA) is 81.8 Å². The summed E-state index contributed by atoms with van der Waals surface area (Å²) < 4.78 is 2.98. The molecule has 0 aliphatic rings. The summed E-state index contributed by atoms with van der Waals surface area (Å²) in [5, 5.41) is 6.91. The first-order valence-electron chi connectivity index (χ1n) is 7.23. The molecule has 0 aliphatic heterocycles. The van der Waals surface area contributed by atoms with Crippen molar-refractivity contribution in [1.29, 1.82) is 0 Å². The Balaban J connectivity index is 2.74. The number of rotatable bonds is 4. The SMILES string of the molecule is CCc1c(C)nc(-n2nc(C)cc2C)n(CC(=O)NC)c1=O. The van der Waals surface area contributed by atoms with E-state index in [1.165, 1.54) is 4.57 Å². The van der Waals surface area contributed by atoms with Crippen molar-refractivity contribution < 1.29 is 4.79 Å². The Morgan fingerprint density at radius 2 is 2.00 bits per heavy atom. The average molecular weight is 303 g/mol. The van der Waals surface area contributed by atoms with Crippen LogP contribution >= 0.6 is 0 Å². The van der Waals surface area contributed by atoms with E-state index in [4.69, 9.17) is 0 Å². The fraction of sp³-hybridized carbons (Fsp3) is 0.467. The molecule has 0 saturated carbocycles. The maximum Gasteiger partial charge on any atom is 0.258 e. The van der Waals surface area contributed by atoms with Gasteiger partial charge in [0.2, 0.25) is 11.9 Å². The molecule has 118 valence electrons. The number of carbonyl (C=O) groups is 1. The van der Waals surface area contributed by atoms with Crippen LogP contribution < -0.4 is 10.9 Å². The normalized spacial score (nSPS) is 10.8. The van der Waals surface area contributed by atoms with Crippen LogP contribution in [0.4, 0.5) is 0 Å². The van der Waals surface area contributed by atoms with Crippen molar-refractivity contribution in [3.63, 3.8) is 0 Å². The summed E-state index contributed by atoms with van der Waals surface area (Å²) in [5.41, 5.74) is 2.78. The second-order valence-corrected chi connectivity index (χ2v) is 5.23. The van der Waals surface area contributed by atoms with Gasteiger partial charge in [-0.2, -0.15) is 5.10 Å². The van der Waals surface area contributed by atoms with E-state index in [1.807, 2.05) is 26.8 Å². The largest absolute Gasteiger partial charge is 0.358 e. The first-order valence-corrected chi connectivity index (χ1v) is 7.23. The highest BCUT2D eigenvalue weighted by atomic mass is 16.2. The third kappa shape index (κ3) is 2.79. The monoisotopic (exact) mass is 303 g/mol. The van der Waals surface area contributed by atoms with Crippen LogP contribution in [0.1, 0.15) is 29.6 Å². The van der Waals surface area contributed by atoms with Gasteiger partial charge in [0.15, 0.2) is 0 Å². The van der Waals surface area contributed by atoms with Gasteiger partial charge in [-0.3, -0.25) is 14.2 Å². The Morgan fingerprint density at radius 1 is 1.32 bits per heavy atom. The predicted octanol–water partition coefficient (Wildman–Crippen LogP) is 0.663. The third-order valence-corrected chi connectivity index (χ3v) is 3.58. The Morgan fingerprint density at radius 3 is 2.50 bits per heavy atom. The summed E-state index contributed by atoms with van der Waals surface area (Å²) in [7, 11) is 1.54. The van der Waals surface area contributed by atoms with Gasteiger partial charge >= 0.3 is 0 Å². The molecule has 22 heavy (non-hydrogen) atoms. The van der Waals surface area contributed by atoms with Gasteiger partial charge in [-0.1, -0.05) is 6.92 Å². The molecule has 0 radical (unpaired) electrons. The standard InChI is InChI=1S/C15H21N5O2/c1-6-12-11(4)17-15(20-10(3)7-9(2)18-20)19(14(12)22)8-13(21)16-5/h7H,6,8H2,1-5H3,(H,16,21). The lowest BCUT2D eigenvalue weighted by molar-refractivity contribution is -0.121. The molecule has 0 saturated heterocycles. The van der Waals surface area contributed by atoms with E-state index in [0.29, 0.717) is 23.6 Å². The van der Waals surface area contributed by atoms with Crippen LogP contribution in [0.25, 0.3) is 5.95 Å². The number of aromatic nitrogens is 4. The minimum atomic E-state index is -0.252. The number of aryl methyl sites for hydroxylation is 3. The number of amides is 1. The van der Waals surface area contributed by atoms with Crippen molar-refractivity contribution in [2.75, 3.05) is 7.05 Å². The van der Waals surface area contributed by atoms with Gasteiger partial charge < -0.3 is 5.32 Å². The van der Waals surface area contributed by atoms with E-state index >= 15 is 0 Å². The van der Waals surface area contributed by atoms with Crippen LogP contribution in [-0.4, -0.2) is 32.3 Å². The zero-order valence-electron chi connectivity index (χ0n) is 13.6. The minimum Gasteiger partial charge on any atom is -0.358 e. The van der Waals surface area contributed by atoms with Gasteiger partial charge in [-0.25, -0.2) is 9.67 Å². The second-order valence-electron chi connectivity index (χ2n) is 5.23. The van der Waals surface area contributed by atoms with Gasteiger partial charge in [-0.15, -0.1) is 0 Å². The first kappa shape index (κ1) is 15.9. The van der Waals surface area contributed by atoms with Crippen LogP contribution in [0.2, 0.25) is 0 Å². The van der Waals surface area contributed by atoms with Crippen LogP contribution in [0.3, 0.4) is 0 Å². The highest BCUT2D eigenvalue weighted by molar-refractivity contribution is 5.75. The number of carbonyl (C=O) groups excluding carboxylic acids is 1. The van der Waals surface area contributed by atoms with E-state index in [-0.39, 0.29) is 18.0 Å². The lowest BCUT2D eigenvalue weighted by atomic mass is 10.2. The van der Waals surface area contributed by atoms with Gasteiger partial charge in [-0.05, 0) is 33.3 Å². The zero-order valence-corrected chi connectivity index (χ0v) is 13.6. The Labute approximate surface area is 129 Å². The van der Waals surface area contributed by atoms with E-state index in [1.54, 1.807) is 18.7 Å². The fourth-order valence-corrected chi connectivity index (χ4v) is 2.45. The average Bonchev–Trinajstić information content (AvgIpc) is 2.80. The summed E-state index contributed by atoms with van der Waals surface area (Å²) in [5.74, 6) is 0.117. The smallest absolute Gasteiger partial charge is 0.258 e. The Kier molecular flexibility index (Phi) is 4.44. The second kappa shape index (κ2) is 6.13. The molecule has 2 aromatic rings. The van der Waals surface area contributed by atoms with Crippen molar-refractivity contribution in [1.82, 2.24) is 24.6 Å². The van der Waals surface area contributed by atoms with Gasteiger partial charge in [0, 0.05) is 18.3 Å². The molecule has 0 unspecified atom stereocenters. The summed E-state index contributed by atoms with van der Waals surface area (Å²) in [4.78, 5) is 29.0. The van der Waals surface area contributed by atoms with E-state index in [9.17, 15) is 9.59 Å². The zero-order chi connectivity index (χ0) is 16.4. The summed E-state index contributed by atoms with van der Waals surface area (Å²) >= 11 is 0. The number of hydrogen-bond donors (Lipinski definition) is 1. The quantitative estimate of drug-likeness (QED) is 0.899. The molecular formula is C15H21N5O2. The number of hydrogen-bond acceptors (Lipinski definition) is 4. The van der Waals surface area contributed by atoms with E-state index in [2.05, 4.69) is 15.4 Å². The fourth-order valence-electron chi connectivity index (χ4n) is 2.45. The lowest BCUT2D eigenvalue weighted by Crippen LogP contribution is -2.35. The molecule has 0 aliphatic carbocycles. The van der Waals surface area contributed by atoms with Crippen molar-refractivity contribution in [3.05, 3.63) is 39.1 Å². The highest BCUT2D eigenvalue weighted by Crippen LogP contribution is 2.11. The molecule has 7 heteroatoms. The van der Waals surface area contributed by atoms with Gasteiger partial charge in [0.05, 0.1) is 11.4 Å². The van der Waals surface area contributed by atoms with Crippen molar-refractivity contribution in [3.8, 4) is 5.95 Å². The number of nitrogens with one attached hydrogen (secondary N) is 1. The third-order valence-electron chi connectivity index (χ3n) is 3.58. The summed E-state index contributed by atoms with van der Waals surface area (Å²) in [6.07, 6.45) is 0.572. The maximum atomic E-state index is 12.7. The lowest BCUT2D eigenvalue weighted by Gasteiger charge is -2.15. The molecule has 1 amide bonds. The molecular weight excluding hydrogens is 282 g/mol. The number of likely N-dealkylation sites (N-methyl/N-ethyl adjacent to an activating group) is 1. The van der Waals surface area contributed by atoms with Crippen LogP contribution in [-0.2, 0) is 17.8 Å². The highest BCUT2D eigenvalue weighted by Gasteiger charge is 2.18. The van der Waals surface area contributed by atoms with Crippen molar-refractivity contribution in [2.24, 2.45) is 0 Å². The van der Waals surface area contributed by atoms with Crippen LogP contribution in [0.15, 0.2) is 10.9 Å². The molecule has 2 heterocycles. The molecule has 0 aromatic carbocycles. The molecule has 0 spiro atoms. The van der Waals surface area contributed by atoms with Gasteiger partial charge in [0.25, 0.3) is 5.56 Å². The van der Waals surface area contributed by atoms with E-state index < -0.39 is 0 Å². The van der Waals surface area contributed by atoms with E-state index in [0.717, 1.165) is 11.4 Å². The van der Waals surface area contributed by atoms with Crippen LogP contribution in [0.5, 0.6) is 0 Å².